The molecule has 5 rings (SSSR count). The number of para-hydroxylation sites is 2. The molecule has 0 bridgehead atoms. The number of amides is 1. The number of rotatable bonds is 7. The minimum Gasteiger partial charge on any atom is -0.468 e. The number of nitrogens with zero attached hydrogens (tertiary/aromatic N) is 2. The summed E-state index contributed by atoms with van der Waals surface area (Å²) in [5.74, 6) is 0.621. The molecule has 0 aliphatic carbocycles. The van der Waals surface area contributed by atoms with Crippen LogP contribution in [0.1, 0.15) is 16.1 Å². The second-order valence-corrected chi connectivity index (χ2v) is 9.93. The Morgan fingerprint density at radius 3 is 2.51 bits per heavy atom. The SMILES string of the molecule is CN(Cc1ccco1)S(=O)(=O)c1ccc(C(=O)Nc2cccc(-c3nc4ccccc4o3)c2)cc1. The molecule has 1 amide bonds. The van der Waals surface area contributed by atoms with E-state index in [9.17, 15) is 13.2 Å². The third-order valence-electron chi connectivity index (χ3n) is 5.44. The highest BCUT2D eigenvalue weighted by molar-refractivity contribution is 7.89. The number of furan rings is 1. The first-order valence-electron chi connectivity index (χ1n) is 10.8. The van der Waals surface area contributed by atoms with Gasteiger partial charge in [-0.3, -0.25) is 4.79 Å². The van der Waals surface area contributed by atoms with E-state index in [1.165, 1.54) is 41.9 Å². The van der Waals surface area contributed by atoms with Crippen molar-refractivity contribution < 1.29 is 22.0 Å². The van der Waals surface area contributed by atoms with Gasteiger partial charge < -0.3 is 14.2 Å². The molecule has 2 heterocycles. The van der Waals surface area contributed by atoms with E-state index >= 15 is 0 Å². The number of carbonyl (C=O) groups excluding carboxylic acids is 1. The Morgan fingerprint density at radius 1 is 0.971 bits per heavy atom. The highest BCUT2D eigenvalue weighted by Gasteiger charge is 2.22. The maximum absolute atomic E-state index is 12.8. The summed E-state index contributed by atoms with van der Waals surface area (Å²) < 4.78 is 37.9. The van der Waals surface area contributed by atoms with Gasteiger partial charge in [0.2, 0.25) is 15.9 Å². The van der Waals surface area contributed by atoms with Crippen LogP contribution in [0.4, 0.5) is 5.69 Å². The summed E-state index contributed by atoms with van der Waals surface area (Å²) in [5, 5.41) is 2.83. The molecule has 0 unspecified atom stereocenters. The van der Waals surface area contributed by atoms with Crippen LogP contribution in [0.2, 0.25) is 0 Å². The second-order valence-electron chi connectivity index (χ2n) is 7.89. The topological polar surface area (TPSA) is 106 Å². The van der Waals surface area contributed by atoms with E-state index < -0.39 is 10.0 Å². The van der Waals surface area contributed by atoms with Gasteiger partial charge in [-0.05, 0) is 66.7 Å². The predicted octanol–water partition coefficient (Wildman–Crippen LogP) is 5.16. The third-order valence-corrected chi connectivity index (χ3v) is 7.26. The molecule has 5 aromatic rings. The van der Waals surface area contributed by atoms with E-state index in [1.807, 2.05) is 30.3 Å². The molecule has 0 aliphatic rings. The van der Waals surface area contributed by atoms with E-state index in [1.54, 1.807) is 30.3 Å². The number of hydrogen-bond donors (Lipinski definition) is 1. The second kappa shape index (κ2) is 9.21. The molecule has 0 aliphatic heterocycles. The van der Waals surface area contributed by atoms with Gasteiger partial charge in [-0.1, -0.05) is 18.2 Å². The van der Waals surface area contributed by atoms with Crippen molar-refractivity contribution in [3.05, 3.63) is 103 Å². The quantitative estimate of drug-likeness (QED) is 0.340. The van der Waals surface area contributed by atoms with Crippen LogP contribution < -0.4 is 5.32 Å². The fourth-order valence-electron chi connectivity index (χ4n) is 3.59. The minimum absolute atomic E-state index is 0.0843. The average Bonchev–Trinajstić information content (AvgIpc) is 3.54. The number of sulfonamides is 1. The van der Waals surface area contributed by atoms with Crippen LogP contribution >= 0.6 is 0 Å². The van der Waals surface area contributed by atoms with Gasteiger partial charge in [-0.2, -0.15) is 4.31 Å². The van der Waals surface area contributed by atoms with Crippen LogP contribution in [0.5, 0.6) is 0 Å². The maximum Gasteiger partial charge on any atom is 0.255 e. The zero-order chi connectivity index (χ0) is 24.4. The average molecular weight is 488 g/mol. The van der Waals surface area contributed by atoms with Gasteiger partial charge in [0, 0.05) is 23.9 Å². The lowest BCUT2D eigenvalue weighted by Gasteiger charge is -2.16. The molecule has 35 heavy (non-hydrogen) atoms. The van der Waals surface area contributed by atoms with Gasteiger partial charge in [0.25, 0.3) is 5.91 Å². The summed E-state index contributed by atoms with van der Waals surface area (Å²) in [7, 11) is -2.27. The standard InChI is InChI=1S/C26H21N3O5S/c1-29(17-21-8-5-15-33-21)35(31,32)22-13-11-18(12-14-22)25(30)27-20-7-4-6-19(16-20)26-28-23-9-2-3-10-24(23)34-26/h2-16H,17H2,1H3,(H,27,30). The molecule has 3 aromatic carbocycles. The highest BCUT2D eigenvalue weighted by Crippen LogP contribution is 2.26. The Bertz CT molecular complexity index is 1560. The number of oxazole rings is 1. The van der Waals surface area contributed by atoms with Gasteiger partial charge >= 0.3 is 0 Å². The number of nitrogens with one attached hydrogen (secondary N) is 1. The lowest BCUT2D eigenvalue weighted by Crippen LogP contribution is -2.26. The fourth-order valence-corrected chi connectivity index (χ4v) is 4.73. The van der Waals surface area contributed by atoms with E-state index in [0.29, 0.717) is 28.5 Å². The molecule has 9 heteroatoms. The first-order valence-corrected chi connectivity index (χ1v) is 12.2. The molecule has 176 valence electrons. The van der Waals surface area contributed by atoms with Crippen LogP contribution in [0.3, 0.4) is 0 Å². The molecular formula is C26H21N3O5S. The largest absolute Gasteiger partial charge is 0.468 e. The monoisotopic (exact) mass is 487 g/mol. The molecule has 2 aromatic heterocycles. The first-order chi connectivity index (χ1) is 16.9. The van der Waals surface area contributed by atoms with Crippen molar-refractivity contribution in [2.75, 3.05) is 12.4 Å². The highest BCUT2D eigenvalue weighted by atomic mass is 32.2. The molecule has 0 saturated heterocycles. The fraction of sp³-hybridized carbons (Fsp3) is 0.0769. The Balaban J connectivity index is 1.30. The zero-order valence-corrected chi connectivity index (χ0v) is 19.5. The molecule has 1 N–H and O–H groups in total. The number of benzene rings is 3. The van der Waals surface area contributed by atoms with Crippen molar-refractivity contribution in [1.29, 1.82) is 0 Å². The van der Waals surface area contributed by atoms with E-state index in [4.69, 9.17) is 8.83 Å². The Hall–Kier alpha value is -4.21. The molecule has 8 nitrogen and oxygen atoms in total. The minimum atomic E-state index is -3.74. The van der Waals surface area contributed by atoms with Crippen LogP contribution in [0.15, 0.2) is 105 Å². The van der Waals surface area contributed by atoms with Crippen LogP contribution in [0.25, 0.3) is 22.6 Å². The zero-order valence-electron chi connectivity index (χ0n) is 18.7. The number of carbonyl (C=O) groups is 1. The predicted molar refractivity (Wildman–Crippen MR) is 131 cm³/mol. The van der Waals surface area contributed by atoms with Crippen molar-refractivity contribution in [3.8, 4) is 11.5 Å². The van der Waals surface area contributed by atoms with Crippen molar-refractivity contribution in [2.45, 2.75) is 11.4 Å². The summed E-state index contributed by atoms with van der Waals surface area (Å²) in [6.45, 7) is 0.105. The van der Waals surface area contributed by atoms with Crippen LogP contribution in [-0.4, -0.2) is 30.7 Å². The summed E-state index contributed by atoms with van der Waals surface area (Å²) in [5.41, 5.74) is 3.04. The number of aromatic nitrogens is 1. The Kier molecular flexibility index (Phi) is 5.94. The van der Waals surface area contributed by atoms with Gasteiger partial charge in [-0.15, -0.1) is 0 Å². The summed E-state index contributed by atoms with van der Waals surface area (Å²) >= 11 is 0. The van der Waals surface area contributed by atoms with E-state index in [-0.39, 0.29) is 17.3 Å². The number of hydrogen-bond acceptors (Lipinski definition) is 6. The summed E-state index contributed by atoms with van der Waals surface area (Å²) in [6.07, 6.45) is 1.49. The summed E-state index contributed by atoms with van der Waals surface area (Å²) in [6, 6.07) is 23.8. The molecule has 0 fully saturated rings. The number of anilines is 1. The Labute approximate surface area is 201 Å². The van der Waals surface area contributed by atoms with Crippen molar-refractivity contribution in [1.82, 2.24) is 9.29 Å². The van der Waals surface area contributed by atoms with Gasteiger partial charge in [0.15, 0.2) is 5.58 Å². The maximum atomic E-state index is 12.8. The van der Waals surface area contributed by atoms with Crippen LogP contribution in [0, 0.1) is 0 Å². The lowest BCUT2D eigenvalue weighted by atomic mass is 10.1. The third kappa shape index (κ3) is 4.72. The van der Waals surface area contributed by atoms with Crippen molar-refractivity contribution in [2.24, 2.45) is 0 Å². The Morgan fingerprint density at radius 2 is 1.77 bits per heavy atom. The molecular weight excluding hydrogens is 466 g/mol. The van der Waals surface area contributed by atoms with Crippen LogP contribution in [-0.2, 0) is 16.6 Å². The van der Waals surface area contributed by atoms with E-state index in [2.05, 4.69) is 10.3 Å². The van der Waals surface area contributed by atoms with Gasteiger partial charge in [-0.25, -0.2) is 13.4 Å². The first kappa shape index (κ1) is 22.6. The molecule has 0 atom stereocenters. The summed E-state index contributed by atoms with van der Waals surface area (Å²) in [4.78, 5) is 17.4. The smallest absolute Gasteiger partial charge is 0.255 e. The van der Waals surface area contributed by atoms with Crippen molar-refractivity contribution >= 4 is 32.7 Å². The van der Waals surface area contributed by atoms with E-state index in [0.717, 1.165) is 11.1 Å². The number of fused-ring (bicyclic) bond motifs is 1. The van der Waals surface area contributed by atoms with Crippen molar-refractivity contribution in [3.63, 3.8) is 0 Å². The lowest BCUT2D eigenvalue weighted by molar-refractivity contribution is 0.102. The van der Waals surface area contributed by atoms with Gasteiger partial charge in [0.05, 0.1) is 17.7 Å². The molecule has 0 radical (unpaired) electrons. The van der Waals surface area contributed by atoms with Gasteiger partial charge in [0.1, 0.15) is 11.3 Å². The normalized spacial score (nSPS) is 11.7. The molecule has 0 spiro atoms. The molecule has 0 saturated carbocycles.